The highest BCUT2D eigenvalue weighted by Gasteiger charge is 2.27. The molecule has 0 heterocycles. The van der Waals surface area contributed by atoms with Crippen molar-refractivity contribution in [2.24, 2.45) is 0 Å². The molecule has 0 saturated heterocycles. The van der Waals surface area contributed by atoms with Gasteiger partial charge in [-0.3, -0.25) is 0 Å². The summed E-state index contributed by atoms with van der Waals surface area (Å²) in [4.78, 5) is 36.6. The van der Waals surface area contributed by atoms with E-state index in [2.05, 4.69) is 83.1 Å². The fourth-order valence-corrected chi connectivity index (χ4v) is 9.90. The second-order valence-corrected chi connectivity index (χ2v) is 22.0. The second-order valence-electron chi connectivity index (χ2n) is 18.3. The molecule has 1 unspecified atom stereocenters. The van der Waals surface area contributed by atoms with Crippen LogP contribution in [0.3, 0.4) is 0 Å². The van der Waals surface area contributed by atoms with Gasteiger partial charge in [-0.2, -0.15) is 0 Å². The maximum Gasteiger partial charge on any atom is 0.137 e. The van der Waals surface area contributed by atoms with Crippen LogP contribution in [0, 0.1) is 0 Å². The summed E-state index contributed by atoms with van der Waals surface area (Å²) in [5.74, 6) is -1.71. The van der Waals surface area contributed by atoms with Gasteiger partial charge in [0.2, 0.25) is 0 Å². The van der Waals surface area contributed by atoms with E-state index in [0.29, 0.717) is 0 Å². The van der Waals surface area contributed by atoms with Crippen molar-refractivity contribution < 1.29 is 42.2 Å². The largest absolute Gasteiger partial charge is 0.810 e. The zero-order valence-electron chi connectivity index (χ0n) is 42.9. The van der Waals surface area contributed by atoms with Gasteiger partial charge in [0.1, 0.15) is 7.60 Å². The van der Waals surface area contributed by atoms with Crippen LogP contribution >= 0.6 is 15.2 Å². The van der Waals surface area contributed by atoms with Crippen molar-refractivity contribution in [1.82, 2.24) is 0 Å². The summed E-state index contributed by atoms with van der Waals surface area (Å²) in [5, 5.41) is 0. The summed E-state index contributed by atoms with van der Waals surface area (Å²) >= 11 is 0. The number of quaternary nitrogens is 3. The van der Waals surface area contributed by atoms with Crippen molar-refractivity contribution >= 4 is 15.2 Å². The van der Waals surface area contributed by atoms with Crippen molar-refractivity contribution in [2.45, 2.75) is 237 Å². The van der Waals surface area contributed by atoms with Gasteiger partial charge in [-0.15, -0.1) is 0 Å². The molecule has 0 aliphatic carbocycles. The van der Waals surface area contributed by atoms with Crippen molar-refractivity contribution in [3.05, 3.63) is 0 Å². The number of unbranched alkanes of at least 4 members (excludes halogenated alkanes) is 12. The summed E-state index contributed by atoms with van der Waals surface area (Å²) in [7, 11) is -10.0. The molecule has 0 aliphatic rings. The van der Waals surface area contributed by atoms with Crippen molar-refractivity contribution in [3.63, 3.8) is 0 Å². The lowest BCUT2D eigenvalue weighted by molar-refractivity contribution is -0.929. The molecule has 368 valence electrons. The summed E-state index contributed by atoms with van der Waals surface area (Å²) in [6.45, 7) is 45.1. The molecule has 0 aliphatic heterocycles. The Morgan fingerprint density at radius 3 is 0.467 bits per heavy atom. The molecule has 0 aromatic heterocycles. The standard InChI is InChI=1S/3C16H36N.CH6O6P2/c3*1-5-9-13-17(14-10-6-2,15-11-7-3)16-12-8-4;2-8(3,4)1-9(5,6)7/h3*5-16H2,1-4H3;1H2,(H2,2,3,4)(H2,5,6,7)/q3*+1;/p-3. The molecule has 60 heavy (non-hydrogen) atoms. The van der Waals surface area contributed by atoms with Gasteiger partial charge in [0, 0.05) is 5.90 Å². The Morgan fingerprint density at radius 1 is 0.300 bits per heavy atom. The summed E-state index contributed by atoms with van der Waals surface area (Å²) in [6, 6.07) is 0. The minimum absolute atomic E-state index is 1.35. The molecule has 0 rings (SSSR count). The number of hydrogen-bond acceptors (Lipinski definition) is 5. The van der Waals surface area contributed by atoms with Gasteiger partial charge in [-0.25, -0.2) is 0 Å². The van der Waals surface area contributed by atoms with Crippen LogP contribution in [-0.4, -0.2) is 103 Å². The van der Waals surface area contributed by atoms with Gasteiger partial charge >= 0.3 is 0 Å². The van der Waals surface area contributed by atoms with Crippen LogP contribution in [0.2, 0.25) is 0 Å². The van der Waals surface area contributed by atoms with Gasteiger partial charge in [0.15, 0.2) is 0 Å². The predicted octanol–water partition coefficient (Wildman–Crippen LogP) is 12.4. The van der Waals surface area contributed by atoms with Crippen LogP contribution < -0.4 is 14.7 Å². The average molecular weight is 900 g/mol. The molecule has 9 nitrogen and oxygen atoms in total. The Kier molecular flexibility index (Phi) is 49.4. The highest BCUT2D eigenvalue weighted by Crippen LogP contribution is 2.43. The number of nitrogens with zero attached hydrogens (tertiary/aromatic N) is 3. The van der Waals surface area contributed by atoms with E-state index in [9.17, 15) is 23.8 Å². The maximum atomic E-state index is 9.66. The van der Waals surface area contributed by atoms with Crippen LogP contribution in [0.15, 0.2) is 0 Å². The van der Waals surface area contributed by atoms with Gasteiger partial charge in [-0.1, -0.05) is 168 Å². The van der Waals surface area contributed by atoms with Gasteiger partial charge in [-0.05, 0) is 77.0 Å². The van der Waals surface area contributed by atoms with Crippen LogP contribution in [-0.2, 0) is 9.13 Å². The Labute approximate surface area is 377 Å². The molecular weight excluding hydrogens is 789 g/mol. The highest BCUT2D eigenvalue weighted by molar-refractivity contribution is 7.67. The van der Waals surface area contributed by atoms with E-state index in [-0.39, 0.29) is 0 Å². The molecule has 0 aromatic carbocycles. The molecule has 0 amide bonds. The Hall–Kier alpha value is 0.180. The second kappa shape index (κ2) is 44.4. The maximum absolute atomic E-state index is 9.66. The molecule has 11 heteroatoms. The highest BCUT2D eigenvalue weighted by atomic mass is 31.2. The predicted molar refractivity (Wildman–Crippen MR) is 260 cm³/mol. The van der Waals surface area contributed by atoms with E-state index in [0.717, 1.165) is 0 Å². The van der Waals surface area contributed by atoms with Crippen molar-refractivity contribution in [1.29, 1.82) is 0 Å². The third kappa shape index (κ3) is 43.4. The number of rotatable bonds is 38. The monoisotopic (exact) mass is 900 g/mol. The SMILES string of the molecule is CCCC[N+](CCCC)(CCCC)CCCC.CCCC[N+](CCCC)(CCCC)CCCC.CCCC[N+](CCCC)(CCCC)CCCC.O=P([O-])([O-])CP(=O)([O-])O. The number of hydrogen-bond donors (Lipinski definition) is 1. The quantitative estimate of drug-likeness (QED) is 0.0486. The van der Waals surface area contributed by atoms with E-state index >= 15 is 0 Å². The zero-order chi connectivity index (χ0) is 46.7. The molecule has 0 spiro atoms. The summed E-state index contributed by atoms with van der Waals surface area (Å²) in [5.41, 5.74) is 0. The van der Waals surface area contributed by atoms with E-state index in [1.807, 2.05) is 0 Å². The van der Waals surface area contributed by atoms with Crippen LogP contribution in [0.5, 0.6) is 0 Å². The third-order valence-corrected chi connectivity index (χ3v) is 15.0. The van der Waals surface area contributed by atoms with Gasteiger partial charge in [0.25, 0.3) is 0 Å². The molecule has 0 saturated carbocycles. The van der Waals surface area contributed by atoms with Gasteiger partial charge < -0.3 is 42.2 Å². The van der Waals surface area contributed by atoms with Crippen LogP contribution in [0.25, 0.3) is 0 Å². The first-order valence-electron chi connectivity index (χ1n) is 26.0. The lowest BCUT2D eigenvalue weighted by Crippen LogP contribution is -2.50. The minimum atomic E-state index is -5.11. The smallest absolute Gasteiger partial charge is 0.137 e. The first-order chi connectivity index (χ1) is 28.4. The molecule has 0 fully saturated rings. The van der Waals surface area contributed by atoms with E-state index in [1.54, 1.807) is 0 Å². The van der Waals surface area contributed by atoms with Gasteiger partial charge in [0.05, 0.1) is 78.5 Å². The molecular formula is C49H111N3O6P2. The normalized spacial score (nSPS) is 13.1. The Balaban J connectivity index is -0.000000356. The molecule has 0 radical (unpaired) electrons. The Bertz CT molecular complexity index is 743. The fourth-order valence-electron chi connectivity index (χ4n) is 8.15. The first kappa shape index (κ1) is 66.8. The first-order valence-corrected chi connectivity index (χ1v) is 29.5. The van der Waals surface area contributed by atoms with Crippen LogP contribution in [0.4, 0.5) is 0 Å². The minimum Gasteiger partial charge on any atom is -0.810 e. The summed E-state index contributed by atoms with van der Waals surface area (Å²) in [6.07, 6.45) is 33.2. The fraction of sp³-hybridized carbons (Fsp3) is 1.00. The Morgan fingerprint density at radius 2 is 0.417 bits per heavy atom. The van der Waals surface area contributed by atoms with Crippen molar-refractivity contribution in [3.8, 4) is 0 Å². The topological polar surface area (TPSA) is 124 Å². The molecule has 1 atom stereocenters. The van der Waals surface area contributed by atoms with E-state index in [1.165, 1.54) is 246 Å². The molecule has 0 bridgehead atoms. The van der Waals surface area contributed by atoms with E-state index < -0.39 is 21.1 Å². The molecule has 1 N–H and O–H groups in total. The van der Waals surface area contributed by atoms with Crippen LogP contribution in [0.1, 0.15) is 237 Å². The summed E-state index contributed by atoms with van der Waals surface area (Å²) < 4.78 is 23.5. The molecule has 0 aromatic rings. The lowest BCUT2D eigenvalue weighted by Gasteiger charge is -2.39. The zero-order valence-corrected chi connectivity index (χ0v) is 44.7. The average Bonchev–Trinajstić information content (AvgIpc) is 3.21. The third-order valence-electron chi connectivity index (χ3n) is 12.2. The lowest BCUT2D eigenvalue weighted by atomic mass is 10.1. The van der Waals surface area contributed by atoms with Crippen molar-refractivity contribution in [2.75, 3.05) is 84.4 Å². The van der Waals surface area contributed by atoms with E-state index in [4.69, 9.17) is 4.89 Å².